The zero-order chi connectivity index (χ0) is 19.0. The van der Waals surface area contributed by atoms with E-state index in [0.717, 1.165) is 26.9 Å². The molecule has 0 unspecified atom stereocenters. The largest absolute Gasteiger partial charge is 0.444 e. The minimum Gasteiger partial charge on any atom is -0.444 e. The Labute approximate surface area is 169 Å². The number of rotatable bonds is 4. The first-order valence-electron chi connectivity index (χ1n) is 8.51. The molecule has 2 aromatic carbocycles. The van der Waals surface area contributed by atoms with Crippen molar-refractivity contribution in [1.29, 1.82) is 0 Å². The van der Waals surface area contributed by atoms with E-state index in [2.05, 4.69) is 35.0 Å². The van der Waals surface area contributed by atoms with Crippen LogP contribution >= 0.6 is 27.3 Å². The van der Waals surface area contributed by atoms with Gasteiger partial charge in [0.2, 0.25) is 0 Å². The van der Waals surface area contributed by atoms with Crippen LogP contribution in [0.25, 0.3) is 10.2 Å². The molecule has 0 bridgehead atoms. The molecule has 0 saturated carbocycles. The molecule has 27 heavy (non-hydrogen) atoms. The summed E-state index contributed by atoms with van der Waals surface area (Å²) < 4.78 is 7.15. The maximum absolute atomic E-state index is 13.2. The second kappa shape index (κ2) is 7.29. The van der Waals surface area contributed by atoms with Crippen molar-refractivity contribution in [2.24, 2.45) is 0 Å². The fourth-order valence-electron chi connectivity index (χ4n) is 2.92. The second-order valence-corrected chi connectivity index (χ2v) is 8.11. The molecule has 2 heterocycles. The van der Waals surface area contributed by atoms with E-state index in [4.69, 9.17) is 9.40 Å². The van der Waals surface area contributed by atoms with Crippen molar-refractivity contribution in [2.45, 2.75) is 20.4 Å². The van der Waals surface area contributed by atoms with Crippen LogP contribution in [0.5, 0.6) is 0 Å². The summed E-state index contributed by atoms with van der Waals surface area (Å²) in [6, 6.07) is 17.5. The van der Waals surface area contributed by atoms with Crippen molar-refractivity contribution in [3.05, 3.63) is 81.7 Å². The van der Waals surface area contributed by atoms with Crippen LogP contribution in [-0.2, 0) is 6.54 Å². The van der Waals surface area contributed by atoms with Crippen molar-refractivity contribution in [3.8, 4) is 0 Å². The number of fused-ring (bicyclic) bond motifs is 1. The average Bonchev–Trinajstić information content (AvgIpc) is 3.30. The van der Waals surface area contributed by atoms with Gasteiger partial charge >= 0.3 is 0 Å². The molecule has 0 aliphatic carbocycles. The Hall–Kier alpha value is -2.44. The fourth-order valence-corrected chi connectivity index (χ4v) is 4.33. The molecule has 6 heteroatoms. The van der Waals surface area contributed by atoms with Gasteiger partial charge in [-0.1, -0.05) is 53.8 Å². The van der Waals surface area contributed by atoms with Crippen LogP contribution < -0.4 is 4.90 Å². The highest BCUT2D eigenvalue weighted by Crippen LogP contribution is 2.34. The van der Waals surface area contributed by atoms with Gasteiger partial charge in [-0.05, 0) is 58.6 Å². The van der Waals surface area contributed by atoms with Crippen LogP contribution in [-0.4, -0.2) is 10.9 Å². The minimum absolute atomic E-state index is 0.209. The van der Waals surface area contributed by atoms with Crippen molar-refractivity contribution in [2.75, 3.05) is 4.90 Å². The van der Waals surface area contributed by atoms with Gasteiger partial charge in [-0.25, -0.2) is 4.98 Å². The van der Waals surface area contributed by atoms with E-state index in [1.165, 1.54) is 11.3 Å². The monoisotopic (exact) mass is 440 g/mol. The molecule has 4 aromatic rings. The van der Waals surface area contributed by atoms with Crippen molar-refractivity contribution >= 4 is 48.5 Å². The van der Waals surface area contributed by atoms with E-state index in [-0.39, 0.29) is 11.7 Å². The molecular formula is C21H17BrN2O2S. The van der Waals surface area contributed by atoms with Crippen LogP contribution in [0.15, 0.2) is 63.7 Å². The van der Waals surface area contributed by atoms with Gasteiger partial charge < -0.3 is 4.42 Å². The Bertz CT molecular complexity index is 1080. The number of benzene rings is 2. The third-order valence-corrected chi connectivity index (χ3v) is 6.01. The van der Waals surface area contributed by atoms with Gasteiger partial charge in [-0.2, -0.15) is 0 Å². The Kier molecular flexibility index (Phi) is 4.85. The molecule has 1 amide bonds. The number of carbonyl (C=O) groups excluding carboxylic acids is 1. The summed E-state index contributed by atoms with van der Waals surface area (Å²) in [5.74, 6) is 0.0735. The summed E-state index contributed by atoms with van der Waals surface area (Å²) in [6.45, 7) is 4.53. The highest BCUT2D eigenvalue weighted by molar-refractivity contribution is 9.10. The quantitative estimate of drug-likeness (QED) is 0.384. The molecule has 0 aliphatic rings. The lowest BCUT2D eigenvalue weighted by molar-refractivity contribution is 0.0957. The first-order chi connectivity index (χ1) is 13.0. The lowest BCUT2D eigenvalue weighted by atomic mass is 10.1. The molecule has 0 N–H and O–H groups in total. The summed E-state index contributed by atoms with van der Waals surface area (Å²) in [7, 11) is 0. The third-order valence-electron chi connectivity index (χ3n) is 4.37. The van der Waals surface area contributed by atoms with Crippen LogP contribution in [0.1, 0.15) is 27.2 Å². The molecule has 0 saturated heterocycles. The number of aryl methyl sites for hydroxylation is 2. The Morgan fingerprint density at radius 3 is 2.48 bits per heavy atom. The average molecular weight is 441 g/mol. The van der Waals surface area contributed by atoms with Gasteiger partial charge in [0.15, 0.2) is 15.6 Å². The number of anilines is 1. The predicted octanol–water partition coefficient (Wildman–Crippen LogP) is 6.12. The molecular weight excluding hydrogens is 424 g/mol. The fraction of sp³-hybridized carbons (Fsp3) is 0.143. The molecule has 0 radical (unpaired) electrons. The maximum atomic E-state index is 13.2. The van der Waals surface area contributed by atoms with Crippen LogP contribution in [0.2, 0.25) is 0 Å². The second-order valence-electron chi connectivity index (χ2n) is 6.35. The van der Waals surface area contributed by atoms with Crippen LogP contribution in [0.3, 0.4) is 0 Å². The molecule has 0 atom stereocenters. The van der Waals surface area contributed by atoms with E-state index >= 15 is 0 Å². The van der Waals surface area contributed by atoms with Crippen LogP contribution in [0, 0.1) is 13.8 Å². The number of aromatic nitrogens is 1. The maximum Gasteiger partial charge on any atom is 0.296 e. The van der Waals surface area contributed by atoms with Gasteiger partial charge in [-0.15, -0.1) is 0 Å². The third kappa shape index (κ3) is 3.55. The lowest BCUT2D eigenvalue weighted by Crippen LogP contribution is -2.30. The smallest absolute Gasteiger partial charge is 0.296 e. The number of amides is 1. The Balaban J connectivity index is 1.81. The van der Waals surface area contributed by atoms with Gasteiger partial charge in [0, 0.05) is 0 Å². The molecule has 4 rings (SSSR count). The van der Waals surface area contributed by atoms with E-state index in [1.54, 1.807) is 17.0 Å². The number of thiazole rings is 1. The lowest BCUT2D eigenvalue weighted by Gasteiger charge is -2.18. The number of carbonyl (C=O) groups is 1. The molecule has 0 spiro atoms. The van der Waals surface area contributed by atoms with E-state index in [9.17, 15) is 4.79 Å². The van der Waals surface area contributed by atoms with E-state index in [1.807, 2.05) is 37.3 Å². The number of nitrogens with zero attached hydrogens (tertiary/aromatic N) is 2. The summed E-state index contributed by atoms with van der Waals surface area (Å²) in [5, 5.41) is 0.670. The summed E-state index contributed by atoms with van der Waals surface area (Å²) in [4.78, 5) is 19.7. The van der Waals surface area contributed by atoms with Crippen molar-refractivity contribution < 1.29 is 9.21 Å². The van der Waals surface area contributed by atoms with Gasteiger partial charge in [0.1, 0.15) is 0 Å². The molecule has 4 nitrogen and oxygen atoms in total. The molecule has 2 aromatic heterocycles. The van der Waals surface area contributed by atoms with Crippen molar-refractivity contribution in [1.82, 2.24) is 4.98 Å². The molecule has 136 valence electrons. The topological polar surface area (TPSA) is 46.3 Å². The Morgan fingerprint density at radius 1 is 1.07 bits per heavy atom. The standard InChI is InChI=1S/C21H17BrN2O2S/c1-13-8-9-14(2)19-18(13)23-21(27-19)24(12-15-6-4-3-5-7-15)20(25)16-10-11-17(22)26-16/h3-11H,12H2,1-2H3. The molecule has 0 aliphatic heterocycles. The summed E-state index contributed by atoms with van der Waals surface area (Å²) in [6.07, 6.45) is 0. The van der Waals surface area contributed by atoms with Crippen molar-refractivity contribution in [3.63, 3.8) is 0 Å². The highest BCUT2D eigenvalue weighted by Gasteiger charge is 2.25. The van der Waals surface area contributed by atoms with Gasteiger partial charge in [-0.3, -0.25) is 9.69 Å². The van der Waals surface area contributed by atoms with Gasteiger partial charge in [0.25, 0.3) is 5.91 Å². The highest BCUT2D eigenvalue weighted by atomic mass is 79.9. The number of furan rings is 1. The van der Waals surface area contributed by atoms with E-state index < -0.39 is 0 Å². The summed E-state index contributed by atoms with van der Waals surface area (Å²) >= 11 is 4.81. The number of halogens is 1. The van der Waals surface area contributed by atoms with Gasteiger partial charge in [0.05, 0.1) is 16.8 Å². The molecule has 0 fully saturated rings. The first-order valence-corrected chi connectivity index (χ1v) is 10.1. The van der Waals surface area contributed by atoms with E-state index in [0.29, 0.717) is 16.3 Å². The first kappa shape index (κ1) is 17.9. The number of hydrogen-bond donors (Lipinski definition) is 0. The normalized spacial score (nSPS) is 11.1. The SMILES string of the molecule is Cc1ccc(C)c2sc(N(Cc3ccccc3)C(=O)c3ccc(Br)o3)nc12. The predicted molar refractivity (Wildman–Crippen MR) is 112 cm³/mol. The summed E-state index contributed by atoms with van der Waals surface area (Å²) in [5.41, 5.74) is 4.24. The number of hydrogen-bond acceptors (Lipinski definition) is 4. The zero-order valence-corrected chi connectivity index (χ0v) is 17.3. The zero-order valence-electron chi connectivity index (χ0n) is 14.9. The minimum atomic E-state index is -0.209. The Morgan fingerprint density at radius 2 is 1.81 bits per heavy atom. The van der Waals surface area contributed by atoms with Crippen LogP contribution in [0.4, 0.5) is 5.13 Å².